The smallest absolute Gasteiger partial charge is 0.123 e. The Kier molecular flexibility index (Phi) is 1.77. The molecule has 1 aromatic carbocycles. The summed E-state index contributed by atoms with van der Waals surface area (Å²) in [5.74, 6) is 1.11. The highest BCUT2D eigenvalue weighted by molar-refractivity contribution is 5.48. The molecule has 74 valence electrons. The largest absolute Gasteiger partial charge is 0.490 e. The number of nitrogens with one attached hydrogen (secondary N) is 1. The van der Waals surface area contributed by atoms with Gasteiger partial charge in [-0.25, -0.2) is 0 Å². The first-order valence-electron chi connectivity index (χ1n) is 5.35. The lowest BCUT2D eigenvalue weighted by Crippen LogP contribution is -2.24. The minimum absolute atomic E-state index is 0.360. The highest BCUT2D eigenvalue weighted by atomic mass is 16.5. The summed E-state index contributed by atoms with van der Waals surface area (Å²) in [6.07, 6.45) is 2.61. The van der Waals surface area contributed by atoms with Gasteiger partial charge in [-0.05, 0) is 37.1 Å². The molecule has 2 aliphatic heterocycles. The van der Waals surface area contributed by atoms with E-state index < -0.39 is 0 Å². The lowest BCUT2D eigenvalue weighted by atomic mass is 9.94. The summed E-state index contributed by atoms with van der Waals surface area (Å²) < 4.78 is 5.75. The van der Waals surface area contributed by atoms with E-state index in [4.69, 9.17) is 4.74 Å². The van der Waals surface area contributed by atoms with Gasteiger partial charge in [0.25, 0.3) is 0 Å². The molecule has 2 heteroatoms. The summed E-state index contributed by atoms with van der Waals surface area (Å²) >= 11 is 0. The van der Waals surface area contributed by atoms with Crippen molar-refractivity contribution in [1.82, 2.24) is 5.32 Å². The molecular formula is C12H15NO. The molecule has 1 N–H and O–H groups in total. The van der Waals surface area contributed by atoms with Crippen LogP contribution in [0.2, 0.25) is 0 Å². The Morgan fingerprint density at radius 3 is 3.21 bits per heavy atom. The van der Waals surface area contributed by atoms with E-state index in [9.17, 15) is 0 Å². The maximum Gasteiger partial charge on any atom is 0.123 e. The number of hydrogen-bond acceptors (Lipinski definition) is 2. The predicted molar refractivity (Wildman–Crippen MR) is 55.6 cm³/mol. The van der Waals surface area contributed by atoms with Crippen LogP contribution < -0.4 is 10.1 Å². The van der Waals surface area contributed by atoms with Crippen LogP contribution in [0.3, 0.4) is 0 Å². The van der Waals surface area contributed by atoms with E-state index in [1.807, 2.05) is 0 Å². The average Bonchev–Trinajstić information content (AvgIpc) is 2.59. The zero-order valence-electron chi connectivity index (χ0n) is 8.47. The van der Waals surface area contributed by atoms with Crippen molar-refractivity contribution < 1.29 is 4.74 Å². The van der Waals surface area contributed by atoms with Crippen molar-refractivity contribution >= 4 is 0 Å². The SMILES string of the molecule is CC1Cc2c(ccc3c2CNCC3)O1. The maximum absolute atomic E-state index is 5.75. The van der Waals surface area contributed by atoms with Crippen LogP contribution in [0, 0.1) is 0 Å². The van der Waals surface area contributed by atoms with Crippen LogP contribution in [0.5, 0.6) is 5.75 Å². The molecule has 0 bridgehead atoms. The number of rotatable bonds is 0. The van der Waals surface area contributed by atoms with Crippen molar-refractivity contribution in [1.29, 1.82) is 0 Å². The molecule has 0 saturated heterocycles. The zero-order chi connectivity index (χ0) is 9.54. The second-order valence-electron chi connectivity index (χ2n) is 4.24. The Balaban J connectivity index is 2.11. The molecule has 2 aliphatic rings. The first-order chi connectivity index (χ1) is 6.84. The summed E-state index contributed by atoms with van der Waals surface area (Å²) in [4.78, 5) is 0. The lowest BCUT2D eigenvalue weighted by Gasteiger charge is -2.19. The van der Waals surface area contributed by atoms with Gasteiger partial charge in [0.05, 0.1) is 0 Å². The maximum atomic E-state index is 5.75. The number of benzene rings is 1. The standard InChI is InChI=1S/C12H15NO/c1-8-6-10-11-7-13-5-4-9(11)2-3-12(10)14-8/h2-3,8,13H,4-7H2,1H3. The number of hydrogen-bond donors (Lipinski definition) is 1. The predicted octanol–water partition coefficient (Wildman–Crippen LogP) is 1.66. The van der Waals surface area contributed by atoms with Gasteiger partial charge >= 0.3 is 0 Å². The van der Waals surface area contributed by atoms with Crippen LogP contribution in [0.25, 0.3) is 0 Å². The third kappa shape index (κ3) is 1.14. The van der Waals surface area contributed by atoms with Crippen molar-refractivity contribution in [2.24, 2.45) is 0 Å². The molecule has 0 aliphatic carbocycles. The van der Waals surface area contributed by atoms with Crippen LogP contribution in [0.15, 0.2) is 12.1 Å². The van der Waals surface area contributed by atoms with Crippen molar-refractivity contribution in [3.05, 3.63) is 28.8 Å². The van der Waals surface area contributed by atoms with Gasteiger partial charge in [-0.15, -0.1) is 0 Å². The van der Waals surface area contributed by atoms with Gasteiger partial charge in [-0.1, -0.05) is 6.07 Å². The van der Waals surface area contributed by atoms with E-state index in [0.717, 1.165) is 31.7 Å². The molecule has 2 heterocycles. The van der Waals surface area contributed by atoms with Crippen molar-refractivity contribution in [2.75, 3.05) is 6.54 Å². The third-order valence-corrected chi connectivity index (χ3v) is 3.18. The van der Waals surface area contributed by atoms with Gasteiger partial charge in [0.2, 0.25) is 0 Å². The van der Waals surface area contributed by atoms with Gasteiger partial charge in [0.15, 0.2) is 0 Å². The fourth-order valence-corrected chi connectivity index (χ4v) is 2.49. The summed E-state index contributed by atoms with van der Waals surface area (Å²) in [5.41, 5.74) is 4.46. The fraction of sp³-hybridized carbons (Fsp3) is 0.500. The summed E-state index contributed by atoms with van der Waals surface area (Å²) in [6, 6.07) is 4.37. The average molecular weight is 189 g/mol. The van der Waals surface area contributed by atoms with Crippen molar-refractivity contribution in [3.63, 3.8) is 0 Å². The molecule has 1 unspecified atom stereocenters. The molecule has 3 rings (SSSR count). The van der Waals surface area contributed by atoms with Crippen molar-refractivity contribution in [3.8, 4) is 5.75 Å². The number of ether oxygens (including phenoxy) is 1. The molecule has 0 aromatic heterocycles. The van der Waals surface area contributed by atoms with E-state index in [1.165, 1.54) is 16.7 Å². The van der Waals surface area contributed by atoms with Crippen LogP contribution in [0.1, 0.15) is 23.6 Å². The Hall–Kier alpha value is -1.02. The summed E-state index contributed by atoms with van der Waals surface area (Å²) in [7, 11) is 0. The first kappa shape index (κ1) is 8.30. The summed E-state index contributed by atoms with van der Waals surface area (Å²) in [6.45, 7) is 4.28. The molecule has 0 amide bonds. The van der Waals surface area contributed by atoms with Gasteiger partial charge in [0, 0.05) is 18.5 Å². The highest BCUT2D eigenvalue weighted by Crippen LogP contribution is 2.34. The molecule has 0 radical (unpaired) electrons. The molecule has 0 fully saturated rings. The number of fused-ring (bicyclic) bond motifs is 3. The zero-order valence-corrected chi connectivity index (χ0v) is 8.47. The van der Waals surface area contributed by atoms with Crippen LogP contribution in [-0.4, -0.2) is 12.6 Å². The highest BCUT2D eigenvalue weighted by Gasteiger charge is 2.24. The molecule has 2 nitrogen and oxygen atoms in total. The van der Waals surface area contributed by atoms with Gasteiger partial charge in [0.1, 0.15) is 11.9 Å². The minimum Gasteiger partial charge on any atom is -0.490 e. The molecule has 0 saturated carbocycles. The quantitative estimate of drug-likeness (QED) is 0.670. The van der Waals surface area contributed by atoms with Gasteiger partial charge < -0.3 is 10.1 Å². The van der Waals surface area contributed by atoms with E-state index in [2.05, 4.69) is 24.4 Å². The van der Waals surface area contributed by atoms with E-state index >= 15 is 0 Å². The normalized spacial score (nSPS) is 23.9. The third-order valence-electron chi connectivity index (χ3n) is 3.18. The van der Waals surface area contributed by atoms with Crippen LogP contribution in [-0.2, 0) is 19.4 Å². The molecular weight excluding hydrogens is 174 g/mol. The summed E-state index contributed by atoms with van der Waals surface area (Å²) in [5, 5.41) is 3.43. The second kappa shape index (κ2) is 2.99. The molecule has 14 heavy (non-hydrogen) atoms. The van der Waals surface area contributed by atoms with Gasteiger partial charge in [-0.3, -0.25) is 0 Å². The fourth-order valence-electron chi connectivity index (χ4n) is 2.49. The van der Waals surface area contributed by atoms with E-state index in [1.54, 1.807) is 0 Å². The monoisotopic (exact) mass is 189 g/mol. The second-order valence-corrected chi connectivity index (χ2v) is 4.24. The first-order valence-corrected chi connectivity index (χ1v) is 5.35. The molecule has 0 spiro atoms. The van der Waals surface area contributed by atoms with Crippen LogP contribution >= 0.6 is 0 Å². The van der Waals surface area contributed by atoms with Gasteiger partial charge in [-0.2, -0.15) is 0 Å². The van der Waals surface area contributed by atoms with Crippen molar-refractivity contribution in [2.45, 2.75) is 32.4 Å². The lowest BCUT2D eigenvalue weighted by molar-refractivity contribution is 0.254. The Morgan fingerprint density at radius 1 is 1.36 bits per heavy atom. The van der Waals surface area contributed by atoms with Crippen LogP contribution in [0.4, 0.5) is 0 Å². The molecule has 1 atom stereocenters. The van der Waals surface area contributed by atoms with E-state index in [-0.39, 0.29) is 0 Å². The van der Waals surface area contributed by atoms with E-state index in [0.29, 0.717) is 6.10 Å². The minimum atomic E-state index is 0.360. The Labute approximate surface area is 84.3 Å². The Morgan fingerprint density at radius 2 is 2.29 bits per heavy atom. The topological polar surface area (TPSA) is 21.3 Å². The molecule has 1 aromatic rings. The Bertz CT molecular complexity index is 373.